The van der Waals surface area contributed by atoms with E-state index >= 15 is 0 Å². The Morgan fingerprint density at radius 2 is 2.15 bits per heavy atom. The number of hydrogen-bond donors (Lipinski definition) is 2. The third-order valence-electron chi connectivity index (χ3n) is 4.96. The minimum atomic E-state index is -0.346. The second kappa shape index (κ2) is 4.57. The Kier molecular flexibility index (Phi) is 2.82. The van der Waals surface area contributed by atoms with E-state index in [1.165, 1.54) is 18.4 Å². The molecule has 1 aromatic rings. The molecule has 0 aromatic heterocycles. The van der Waals surface area contributed by atoms with Crippen molar-refractivity contribution < 1.29 is 4.79 Å². The van der Waals surface area contributed by atoms with Crippen LogP contribution in [0.1, 0.15) is 24.8 Å². The van der Waals surface area contributed by atoms with E-state index in [1.54, 1.807) is 0 Å². The minimum Gasteiger partial charge on any atom is -0.324 e. The van der Waals surface area contributed by atoms with Crippen molar-refractivity contribution in [2.24, 2.45) is 5.92 Å². The molecule has 2 fully saturated rings. The molecule has 1 saturated carbocycles. The van der Waals surface area contributed by atoms with Crippen molar-refractivity contribution in [1.29, 1.82) is 0 Å². The summed E-state index contributed by atoms with van der Waals surface area (Å²) in [5.41, 5.74) is 1.88. The first-order valence-corrected chi connectivity index (χ1v) is 7.63. The van der Waals surface area contributed by atoms with Crippen molar-refractivity contribution >= 4 is 11.6 Å². The van der Waals surface area contributed by atoms with Gasteiger partial charge in [0.15, 0.2) is 0 Å². The molecule has 20 heavy (non-hydrogen) atoms. The van der Waals surface area contributed by atoms with E-state index in [2.05, 4.69) is 27.7 Å². The van der Waals surface area contributed by atoms with Crippen molar-refractivity contribution in [2.45, 2.75) is 31.3 Å². The van der Waals surface area contributed by atoms with Crippen LogP contribution < -0.4 is 10.6 Å². The van der Waals surface area contributed by atoms with E-state index in [0.717, 1.165) is 44.2 Å². The normalized spacial score (nSPS) is 30.1. The van der Waals surface area contributed by atoms with Crippen LogP contribution >= 0.6 is 0 Å². The predicted molar refractivity (Wildman–Crippen MR) is 78.4 cm³/mol. The van der Waals surface area contributed by atoms with E-state index in [1.807, 2.05) is 12.1 Å². The lowest BCUT2D eigenvalue weighted by Gasteiger charge is -2.37. The smallest absolute Gasteiger partial charge is 0.246 e. The van der Waals surface area contributed by atoms with Gasteiger partial charge in [-0.3, -0.25) is 9.69 Å². The topological polar surface area (TPSA) is 44.4 Å². The van der Waals surface area contributed by atoms with Gasteiger partial charge in [0.2, 0.25) is 5.91 Å². The van der Waals surface area contributed by atoms with Crippen LogP contribution in [0.3, 0.4) is 0 Å². The number of carbonyl (C=O) groups is 1. The van der Waals surface area contributed by atoms with E-state index in [0.29, 0.717) is 0 Å². The number of carbonyl (C=O) groups excluding carboxylic acids is 1. The number of fused-ring (bicyclic) bond motifs is 1. The molecule has 1 aliphatic carbocycles. The summed E-state index contributed by atoms with van der Waals surface area (Å²) < 4.78 is 0. The van der Waals surface area contributed by atoms with Crippen LogP contribution in [0.15, 0.2) is 24.3 Å². The monoisotopic (exact) mass is 271 g/mol. The molecule has 0 bridgehead atoms. The van der Waals surface area contributed by atoms with Crippen LogP contribution in [-0.4, -0.2) is 36.0 Å². The number of nitrogens with zero attached hydrogens (tertiary/aromatic N) is 1. The number of hydrogen-bond acceptors (Lipinski definition) is 3. The molecule has 4 nitrogen and oxygen atoms in total. The van der Waals surface area contributed by atoms with Gasteiger partial charge in [0.25, 0.3) is 0 Å². The molecular weight excluding hydrogens is 250 g/mol. The summed E-state index contributed by atoms with van der Waals surface area (Å²) in [6.45, 7) is 3.65. The Hall–Kier alpha value is -1.39. The second-order valence-corrected chi connectivity index (χ2v) is 6.39. The fraction of sp³-hybridized carbons (Fsp3) is 0.562. The Labute approximate surface area is 119 Å². The molecule has 1 amide bonds. The molecular formula is C16H21N3O. The zero-order valence-electron chi connectivity index (χ0n) is 11.7. The summed E-state index contributed by atoms with van der Waals surface area (Å²) in [6.07, 6.45) is 3.56. The molecule has 106 valence electrons. The van der Waals surface area contributed by atoms with Crippen LogP contribution in [-0.2, 0) is 11.3 Å². The summed E-state index contributed by atoms with van der Waals surface area (Å²) in [5, 5.41) is 6.55. The number of anilines is 1. The molecule has 1 spiro atoms. The minimum absolute atomic E-state index is 0.174. The third-order valence-corrected chi connectivity index (χ3v) is 4.96. The SMILES string of the molecule is O=C1Nc2ccccc2CN(CC2CC2)C12CCNC2. The van der Waals surface area contributed by atoms with Gasteiger partial charge in [0, 0.05) is 25.3 Å². The standard InChI is InChI=1S/C16H21N3O/c20-15-16(7-8-17-11-16)19(9-12-5-6-12)10-13-3-1-2-4-14(13)18-15/h1-4,12,17H,5-11H2,(H,18,20). The number of benzene rings is 1. The fourth-order valence-corrected chi connectivity index (χ4v) is 3.51. The van der Waals surface area contributed by atoms with Gasteiger partial charge < -0.3 is 10.6 Å². The lowest BCUT2D eigenvalue weighted by atomic mass is 9.94. The van der Waals surface area contributed by atoms with E-state index in [9.17, 15) is 4.79 Å². The Morgan fingerprint density at radius 1 is 1.30 bits per heavy atom. The second-order valence-electron chi connectivity index (χ2n) is 6.39. The molecule has 4 rings (SSSR count). The van der Waals surface area contributed by atoms with Crippen molar-refractivity contribution in [3.8, 4) is 0 Å². The number of rotatable bonds is 2. The maximum Gasteiger partial charge on any atom is 0.246 e. The van der Waals surface area contributed by atoms with Crippen molar-refractivity contribution in [3.05, 3.63) is 29.8 Å². The molecule has 1 saturated heterocycles. The summed E-state index contributed by atoms with van der Waals surface area (Å²) >= 11 is 0. The summed E-state index contributed by atoms with van der Waals surface area (Å²) in [7, 11) is 0. The maximum atomic E-state index is 12.8. The van der Waals surface area contributed by atoms with Crippen LogP contribution in [0.4, 0.5) is 5.69 Å². The van der Waals surface area contributed by atoms with Gasteiger partial charge in [-0.1, -0.05) is 18.2 Å². The van der Waals surface area contributed by atoms with Gasteiger partial charge in [-0.25, -0.2) is 0 Å². The Morgan fingerprint density at radius 3 is 2.90 bits per heavy atom. The van der Waals surface area contributed by atoms with Crippen molar-refractivity contribution in [3.63, 3.8) is 0 Å². The van der Waals surface area contributed by atoms with Crippen molar-refractivity contribution in [1.82, 2.24) is 10.2 Å². The van der Waals surface area contributed by atoms with Crippen molar-refractivity contribution in [2.75, 3.05) is 25.0 Å². The zero-order valence-corrected chi connectivity index (χ0v) is 11.7. The highest BCUT2D eigenvalue weighted by Gasteiger charge is 2.49. The number of para-hydroxylation sites is 1. The highest BCUT2D eigenvalue weighted by molar-refractivity contribution is 5.99. The zero-order chi connectivity index (χ0) is 13.6. The summed E-state index contributed by atoms with van der Waals surface area (Å²) in [4.78, 5) is 15.3. The number of nitrogens with one attached hydrogen (secondary N) is 2. The summed E-state index contributed by atoms with van der Waals surface area (Å²) in [5.74, 6) is 0.971. The first-order valence-electron chi connectivity index (χ1n) is 7.63. The van der Waals surface area contributed by atoms with E-state index < -0.39 is 0 Å². The average molecular weight is 271 g/mol. The van der Waals surface area contributed by atoms with E-state index in [-0.39, 0.29) is 11.4 Å². The largest absolute Gasteiger partial charge is 0.324 e. The third kappa shape index (κ3) is 1.95. The molecule has 1 unspecified atom stereocenters. The maximum absolute atomic E-state index is 12.8. The highest BCUT2D eigenvalue weighted by atomic mass is 16.2. The van der Waals surface area contributed by atoms with Gasteiger partial charge in [-0.15, -0.1) is 0 Å². The predicted octanol–water partition coefficient (Wildman–Crippen LogP) is 1.58. The van der Waals surface area contributed by atoms with E-state index in [4.69, 9.17) is 0 Å². The fourth-order valence-electron chi connectivity index (χ4n) is 3.51. The average Bonchev–Trinajstić information content (AvgIpc) is 3.14. The molecule has 1 atom stereocenters. The van der Waals surface area contributed by atoms with Crippen LogP contribution in [0.5, 0.6) is 0 Å². The first kappa shape index (κ1) is 12.4. The van der Waals surface area contributed by atoms with Gasteiger partial charge >= 0.3 is 0 Å². The molecule has 1 aromatic carbocycles. The first-order chi connectivity index (χ1) is 9.78. The lowest BCUT2D eigenvalue weighted by Crippen LogP contribution is -2.57. The Balaban J connectivity index is 1.73. The molecule has 3 aliphatic rings. The molecule has 2 N–H and O–H groups in total. The molecule has 2 heterocycles. The molecule has 4 heteroatoms. The van der Waals surface area contributed by atoms with Gasteiger partial charge in [0.1, 0.15) is 5.54 Å². The molecule has 2 aliphatic heterocycles. The quantitative estimate of drug-likeness (QED) is 0.858. The highest BCUT2D eigenvalue weighted by Crippen LogP contribution is 2.37. The lowest BCUT2D eigenvalue weighted by molar-refractivity contribution is -0.127. The Bertz CT molecular complexity index is 532. The summed E-state index contributed by atoms with van der Waals surface area (Å²) in [6, 6.07) is 8.21. The number of amides is 1. The van der Waals surface area contributed by atoms with Crippen LogP contribution in [0.2, 0.25) is 0 Å². The molecule has 0 radical (unpaired) electrons. The van der Waals surface area contributed by atoms with Crippen LogP contribution in [0.25, 0.3) is 0 Å². The van der Waals surface area contributed by atoms with Gasteiger partial charge in [-0.2, -0.15) is 0 Å². The van der Waals surface area contributed by atoms with Gasteiger partial charge in [0.05, 0.1) is 0 Å². The van der Waals surface area contributed by atoms with Gasteiger partial charge in [-0.05, 0) is 43.4 Å². The van der Waals surface area contributed by atoms with Crippen LogP contribution in [0, 0.1) is 5.92 Å².